The van der Waals surface area contributed by atoms with Gasteiger partial charge >= 0.3 is 0 Å². The van der Waals surface area contributed by atoms with Crippen molar-refractivity contribution in [2.24, 2.45) is 0 Å². The van der Waals surface area contributed by atoms with Gasteiger partial charge in [0.2, 0.25) is 0 Å². The summed E-state index contributed by atoms with van der Waals surface area (Å²) < 4.78 is 4.76. The van der Waals surface area contributed by atoms with Crippen LogP contribution in [0.3, 0.4) is 0 Å². The number of rotatable bonds is 4. The van der Waals surface area contributed by atoms with E-state index in [2.05, 4.69) is 227 Å². The molecule has 0 aliphatic carbocycles. The van der Waals surface area contributed by atoms with E-state index in [0.717, 1.165) is 55.8 Å². The Morgan fingerprint density at radius 1 is 0.406 bits per heavy atom. The Bertz CT molecular complexity index is 3710. The van der Waals surface area contributed by atoms with Crippen molar-refractivity contribution in [3.63, 3.8) is 0 Å². The first kappa shape index (κ1) is 38.1. The Morgan fingerprint density at radius 3 is 1.45 bits per heavy atom. The van der Waals surface area contributed by atoms with Crippen LogP contribution in [-0.4, -0.2) is 19.1 Å². The molecule has 0 aliphatic rings. The fourth-order valence-electron chi connectivity index (χ4n) is 10.1. The normalized spacial score (nSPS) is 12.5. The highest BCUT2D eigenvalue weighted by Crippen LogP contribution is 2.42. The maximum Gasteiger partial charge on any atom is 0.145 e. The van der Waals surface area contributed by atoms with Crippen molar-refractivity contribution >= 4 is 75.9 Å². The lowest BCUT2D eigenvalue weighted by atomic mass is 9.85. The van der Waals surface area contributed by atoms with E-state index in [1.165, 1.54) is 65.3 Å². The molecule has 0 fully saturated rings. The molecule has 0 saturated heterocycles. The van der Waals surface area contributed by atoms with Crippen LogP contribution in [0.25, 0.3) is 110 Å². The molecule has 0 aliphatic heterocycles. The minimum absolute atomic E-state index is 0.0359. The van der Waals surface area contributed by atoms with Crippen LogP contribution in [0.5, 0.6) is 0 Å². The molecule has 0 N–H and O–H groups in total. The van der Waals surface area contributed by atoms with Gasteiger partial charge in [-0.25, -0.2) is 4.98 Å². The minimum Gasteiger partial charge on any atom is -0.309 e. The smallest absolute Gasteiger partial charge is 0.145 e. The zero-order chi connectivity index (χ0) is 43.5. The van der Waals surface area contributed by atoms with Crippen LogP contribution in [0, 0.1) is 0 Å². The standard InChI is InChI=1S/C60H48N4/c1-59(2,3)40-25-31-53-50(34-40)51-35-41(60(4,5)6)26-32-54(51)63(53)42-27-23-37(24-28-42)58-62-56-48-21-13-11-19-46(48)47-20-12-14-22-49(47)57(56)64(58)43-29-30-52(61-36-43)55-44-17-9-7-15-38(44)33-39-16-8-10-18-45(39)55/h7-36H,1-6H3. The molecule has 3 heterocycles. The van der Waals surface area contributed by atoms with Crippen LogP contribution in [0.1, 0.15) is 52.7 Å². The predicted octanol–water partition coefficient (Wildman–Crippen LogP) is 16.1. The van der Waals surface area contributed by atoms with Crippen LogP contribution in [0.4, 0.5) is 0 Å². The topological polar surface area (TPSA) is 35.6 Å². The second-order valence-corrected chi connectivity index (χ2v) is 19.5. The van der Waals surface area contributed by atoms with Gasteiger partial charge in [0.15, 0.2) is 0 Å². The fourth-order valence-corrected chi connectivity index (χ4v) is 10.1. The van der Waals surface area contributed by atoms with Gasteiger partial charge in [-0.1, -0.05) is 151 Å². The van der Waals surface area contributed by atoms with Crippen molar-refractivity contribution in [2.45, 2.75) is 52.4 Å². The van der Waals surface area contributed by atoms with Gasteiger partial charge in [0.1, 0.15) is 5.82 Å². The Hall–Kier alpha value is -7.56. The maximum absolute atomic E-state index is 5.59. The number of imidazole rings is 1. The van der Waals surface area contributed by atoms with Crippen molar-refractivity contribution in [3.05, 3.63) is 193 Å². The Labute approximate surface area is 373 Å². The van der Waals surface area contributed by atoms with Crippen LogP contribution in [0.15, 0.2) is 182 Å². The summed E-state index contributed by atoms with van der Waals surface area (Å²) in [7, 11) is 0. The summed E-state index contributed by atoms with van der Waals surface area (Å²) in [6, 6.07) is 64.4. The molecule has 12 rings (SSSR count). The molecule has 9 aromatic carbocycles. The van der Waals surface area contributed by atoms with Gasteiger partial charge in [-0.05, 0) is 121 Å². The van der Waals surface area contributed by atoms with Gasteiger partial charge < -0.3 is 4.57 Å². The summed E-state index contributed by atoms with van der Waals surface area (Å²) in [4.78, 5) is 10.9. The summed E-state index contributed by atoms with van der Waals surface area (Å²) >= 11 is 0. The highest BCUT2D eigenvalue weighted by Gasteiger charge is 2.24. The number of hydrogen-bond donors (Lipinski definition) is 0. The van der Waals surface area contributed by atoms with E-state index in [4.69, 9.17) is 9.97 Å². The molecule has 3 aromatic heterocycles. The van der Waals surface area contributed by atoms with Gasteiger partial charge in [-0.15, -0.1) is 0 Å². The first-order chi connectivity index (χ1) is 31.0. The zero-order valence-corrected chi connectivity index (χ0v) is 37.1. The SMILES string of the molecule is CC(C)(C)c1ccc2c(c1)c1cc(C(C)(C)C)ccc1n2-c1ccc(-c2nc3c4ccccc4c4ccccc4c3n2-c2ccc(-c3c4ccccc4cc4ccccc34)nc2)cc1. The van der Waals surface area contributed by atoms with E-state index in [0.29, 0.717) is 0 Å². The van der Waals surface area contributed by atoms with Gasteiger partial charge in [0, 0.05) is 38.4 Å². The first-order valence-corrected chi connectivity index (χ1v) is 22.4. The lowest BCUT2D eigenvalue weighted by molar-refractivity contribution is 0.590. The predicted molar refractivity (Wildman–Crippen MR) is 271 cm³/mol. The molecule has 0 unspecified atom stereocenters. The second-order valence-electron chi connectivity index (χ2n) is 19.5. The van der Waals surface area contributed by atoms with E-state index in [9.17, 15) is 0 Å². The Morgan fingerprint density at radius 2 is 0.906 bits per heavy atom. The number of pyridine rings is 1. The number of fused-ring (bicyclic) bond motifs is 11. The summed E-state index contributed by atoms with van der Waals surface area (Å²) in [5.74, 6) is 0.875. The molecular formula is C60H48N4. The molecule has 308 valence electrons. The molecule has 0 atom stereocenters. The maximum atomic E-state index is 5.59. The van der Waals surface area contributed by atoms with Gasteiger partial charge in [-0.2, -0.15) is 0 Å². The van der Waals surface area contributed by atoms with Crippen LogP contribution in [0.2, 0.25) is 0 Å². The van der Waals surface area contributed by atoms with Crippen molar-refractivity contribution in [2.75, 3.05) is 0 Å². The Kier molecular flexibility index (Phi) is 8.33. The largest absolute Gasteiger partial charge is 0.309 e. The molecule has 0 amide bonds. The number of aromatic nitrogens is 4. The molecule has 4 heteroatoms. The molecule has 4 nitrogen and oxygen atoms in total. The summed E-state index contributed by atoms with van der Waals surface area (Å²) in [5, 5.41) is 12.1. The molecular weight excluding hydrogens is 777 g/mol. The third kappa shape index (κ3) is 5.89. The first-order valence-electron chi connectivity index (χ1n) is 22.4. The molecule has 0 bridgehead atoms. The summed E-state index contributed by atoms with van der Waals surface area (Å²) in [6.45, 7) is 13.8. The van der Waals surface area contributed by atoms with Gasteiger partial charge in [0.05, 0.1) is 39.6 Å². The molecule has 64 heavy (non-hydrogen) atoms. The number of hydrogen-bond acceptors (Lipinski definition) is 2. The monoisotopic (exact) mass is 824 g/mol. The van der Waals surface area contributed by atoms with Crippen LogP contribution in [-0.2, 0) is 10.8 Å². The van der Waals surface area contributed by atoms with Gasteiger partial charge in [0.25, 0.3) is 0 Å². The Balaban J connectivity index is 1.07. The third-order valence-corrected chi connectivity index (χ3v) is 13.4. The fraction of sp³-hybridized carbons (Fsp3) is 0.133. The van der Waals surface area contributed by atoms with Crippen molar-refractivity contribution < 1.29 is 0 Å². The molecule has 12 aromatic rings. The average molecular weight is 825 g/mol. The number of benzene rings is 9. The zero-order valence-electron chi connectivity index (χ0n) is 37.1. The number of nitrogens with zero attached hydrogens (tertiary/aromatic N) is 4. The van der Waals surface area contributed by atoms with E-state index < -0.39 is 0 Å². The molecule has 0 radical (unpaired) electrons. The highest BCUT2D eigenvalue weighted by molar-refractivity contribution is 6.24. The average Bonchev–Trinajstić information content (AvgIpc) is 3.87. The third-order valence-electron chi connectivity index (χ3n) is 13.4. The van der Waals surface area contributed by atoms with Crippen molar-refractivity contribution in [1.82, 2.24) is 19.1 Å². The van der Waals surface area contributed by atoms with Crippen LogP contribution < -0.4 is 0 Å². The van der Waals surface area contributed by atoms with E-state index >= 15 is 0 Å². The van der Waals surface area contributed by atoms with Crippen molar-refractivity contribution in [3.8, 4) is 34.0 Å². The molecule has 0 spiro atoms. The lowest BCUT2D eigenvalue weighted by Gasteiger charge is -2.19. The quantitative estimate of drug-likeness (QED) is 0.131. The van der Waals surface area contributed by atoms with E-state index in [1.54, 1.807) is 0 Å². The van der Waals surface area contributed by atoms with Crippen LogP contribution >= 0.6 is 0 Å². The second kappa shape index (κ2) is 14.0. The van der Waals surface area contributed by atoms with Gasteiger partial charge in [-0.3, -0.25) is 9.55 Å². The highest BCUT2D eigenvalue weighted by atomic mass is 15.1. The minimum atomic E-state index is 0.0359. The van der Waals surface area contributed by atoms with E-state index in [1.807, 2.05) is 6.20 Å². The van der Waals surface area contributed by atoms with E-state index in [-0.39, 0.29) is 10.8 Å². The summed E-state index contributed by atoms with van der Waals surface area (Å²) in [6.07, 6.45) is 2.03. The molecule has 0 saturated carbocycles. The van der Waals surface area contributed by atoms with Crippen molar-refractivity contribution in [1.29, 1.82) is 0 Å². The summed E-state index contributed by atoms with van der Waals surface area (Å²) in [5.41, 5.74) is 12.4. The lowest BCUT2D eigenvalue weighted by Crippen LogP contribution is -2.10.